The van der Waals surface area contributed by atoms with E-state index in [2.05, 4.69) is 22.3 Å². The van der Waals surface area contributed by atoms with Crippen molar-refractivity contribution < 1.29 is 5.11 Å². The molecule has 1 heterocycles. The van der Waals surface area contributed by atoms with Gasteiger partial charge in [-0.25, -0.2) is 0 Å². The van der Waals surface area contributed by atoms with Gasteiger partial charge in [-0.1, -0.05) is 19.3 Å². The summed E-state index contributed by atoms with van der Waals surface area (Å²) in [5.41, 5.74) is 1.13. The van der Waals surface area contributed by atoms with E-state index in [-0.39, 0.29) is 0 Å². The van der Waals surface area contributed by atoms with Crippen molar-refractivity contribution in [2.45, 2.75) is 63.6 Å². The van der Waals surface area contributed by atoms with E-state index in [4.69, 9.17) is 5.10 Å². The highest BCUT2D eigenvalue weighted by molar-refractivity contribution is 5.00. The first-order valence-electron chi connectivity index (χ1n) is 7.75. The zero-order chi connectivity index (χ0) is 13.1. The third kappa shape index (κ3) is 3.00. The van der Waals surface area contributed by atoms with Crippen molar-refractivity contribution in [3.63, 3.8) is 0 Å². The lowest BCUT2D eigenvalue weighted by atomic mass is 10.1. The Morgan fingerprint density at radius 3 is 2.84 bits per heavy atom. The summed E-state index contributed by atoms with van der Waals surface area (Å²) in [6.07, 6.45) is 11.0. The molecule has 2 atom stereocenters. The molecule has 0 bridgehead atoms. The molecular formula is C15H25N3O. The molecule has 4 heteroatoms. The number of aliphatic hydroxyl groups is 1. The minimum absolute atomic E-state index is 0.314. The molecule has 0 saturated heterocycles. The largest absolute Gasteiger partial charge is 0.396 e. The van der Waals surface area contributed by atoms with Crippen LogP contribution in [0.1, 0.15) is 56.7 Å². The third-order valence-electron chi connectivity index (χ3n) is 4.80. The van der Waals surface area contributed by atoms with E-state index in [1.165, 1.54) is 38.5 Å². The molecule has 3 rings (SSSR count). The zero-order valence-corrected chi connectivity index (χ0v) is 11.6. The average Bonchev–Trinajstić information content (AvgIpc) is 3.16. The molecule has 0 spiro atoms. The zero-order valence-electron chi connectivity index (χ0n) is 11.6. The highest BCUT2D eigenvalue weighted by atomic mass is 16.3. The van der Waals surface area contributed by atoms with Crippen LogP contribution in [0.3, 0.4) is 0 Å². The molecule has 19 heavy (non-hydrogen) atoms. The molecule has 2 saturated carbocycles. The quantitative estimate of drug-likeness (QED) is 0.856. The van der Waals surface area contributed by atoms with Crippen LogP contribution in [0.25, 0.3) is 0 Å². The fourth-order valence-electron chi connectivity index (χ4n) is 3.60. The van der Waals surface area contributed by atoms with Gasteiger partial charge in [0.2, 0.25) is 0 Å². The van der Waals surface area contributed by atoms with Crippen LogP contribution < -0.4 is 5.32 Å². The van der Waals surface area contributed by atoms with Crippen molar-refractivity contribution in [1.29, 1.82) is 0 Å². The predicted molar refractivity (Wildman–Crippen MR) is 74.8 cm³/mol. The molecule has 106 valence electrons. The van der Waals surface area contributed by atoms with Crippen LogP contribution in [0.15, 0.2) is 12.3 Å². The van der Waals surface area contributed by atoms with Crippen LogP contribution in [0.5, 0.6) is 0 Å². The molecule has 2 aliphatic carbocycles. The summed E-state index contributed by atoms with van der Waals surface area (Å²) >= 11 is 0. The Balaban J connectivity index is 1.52. The number of nitrogens with zero attached hydrogens (tertiary/aromatic N) is 2. The monoisotopic (exact) mass is 263 g/mol. The highest BCUT2D eigenvalue weighted by Gasteiger charge is 2.26. The van der Waals surface area contributed by atoms with Crippen LogP contribution in [-0.4, -0.2) is 27.5 Å². The Bertz CT molecular complexity index is 398. The molecule has 2 unspecified atom stereocenters. The summed E-state index contributed by atoms with van der Waals surface area (Å²) < 4.78 is 2.15. The van der Waals surface area contributed by atoms with E-state index in [1.807, 2.05) is 0 Å². The normalized spacial score (nSPS) is 28.3. The van der Waals surface area contributed by atoms with Crippen molar-refractivity contribution in [3.05, 3.63) is 18.0 Å². The van der Waals surface area contributed by atoms with Gasteiger partial charge in [0.1, 0.15) is 0 Å². The molecule has 0 aliphatic heterocycles. The number of rotatable bonds is 5. The highest BCUT2D eigenvalue weighted by Crippen LogP contribution is 2.29. The molecule has 2 N–H and O–H groups in total. The van der Waals surface area contributed by atoms with Crippen LogP contribution in [-0.2, 0) is 6.54 Å². The van der Waals surface area contributed by atoms with Gasteiger partial charge < -0.3 is 10.4 Å². The second-order valence-electron chi connectivity index (χ2n) is 6.09. The van der Waals surface area contributed by atoms with Crippen molar-refractivity contribution in [2.24, 2.45) is 5.92 Å². The minimum Gasteiger partial charge on any atom is -0.396 e. The van der Waals surface area contributed by atoms with E-state index in [1.54, 1.807) is 0 Å². The summed E-state index contributed by atoms with van der Waals surface area (Å²) in [6.45, 7) is 1.15. The molecule has 1 aromatic heterocycles. The summed E-state index contributed by atoms with van der Waals surface area (Å²) in [7, 11) is 0. The number of hydrogen-bond acceptors (Lipinski definition) is 3. The summed E-state index contributed by atoms with van der Waals surface area (Å²) in [5.74, 6) is 0.442. The molecule has 0 aromatic carbocycles. The van der Waals surface area contributed by atoms with Gasteiger partial charge in [-0.05, 0) is 37.7 Å². The van der Waals surface area contributed by atoms with E-state index in [9.17, 15) is 5.11 Å². The topological polar surface area (TPSA) is 50.1 Å². The lowest BCUT2D eigenvalue weighted by molar-refractivity contribution is 0.205. The molecule has 1 aromatic rings. The first kappa shape index (κ1) is 13.1. The fourth-order valence-corrected chi connectivity index (χ4v) is 3.60. The first-order valence-corrected chi connectivity index (χ1v) is 7.75. The number of hydrogen-bond donors (Lipinski definition) is 2. The van der Waals surface area contributed by atoms with Gasteiger partial charge in [-0.3, -0.25) is 4.68 Å². The van der Waals surface area contributed by atoms with E-state index in [0.717, 1.165) is 18.7 Å². The Hall–Kier alpha value is -0.870. The van der Waals surface area contributed by atoms with Gasteiger partial charge in [0.25, 0.3) is 0 Å². The van der Waals surface area contributed by atoms with Gasteiger partial charge in [-0.15, -0.1) is 0 Å². The van der Waals surface area contributed by atoms with Crippen LogP contribution in [0.2, 0.25) is 0 Å². The van der Waals surface area contributed by atoms with E-state index >= 15 is 0 Å². The maximum absolute atomic E-state index is 9.32. The first-order chi connectivity index (χ1) is 9.36. The second-order valence-corrected chi connectivity index (χ2v) is 6.09. The van der Waals surface area contributed by atoms with Gasteiger partial charge in [0, 0.05) is 25.4 Å². The maximum atomic E-state index is 9.32. The van der Waals surface area contributed by atoms with Gasteiger partial charge >= 0.3 is 0 Å². The van der Waals surface area contributed by atoms with Crippen molar-refractivity contribution in [2.75, 3.05) is 6.61 Å². The fraction of sp³-hybridized carbons (Fsp3) is 0.800. The van der Waals surface area contributed by atoms with Crippen LogP contribution in [0.4, 0.5) is 0 Å². The number of nitrogens with one attached hydrogen (secondary N) is 1. The maximum Gasteiger partial charge on any atom is 0.0762 e. The van der Waals surface area contributed by atoms with E-state index < -0.39 is 0 Å². The number of aliphatic hydroxyl groups excluding tert-OH is 1. The Morgan fingerprint density at radius 2 is 2.05 bits per heavy atom. The summed E-state index contributed by atoms with van der Waals surface area (Å²) in [4.78, 5) is 0. The van der Waals surface area contributed by atoms with Crippen molar-refractivity contribution in [1.82, 2.24) is 15.1 Å². The Kier molecular flexibility index (Phi) is 4.18. The van der Waals surface area contributed by atoms with Gasteiger partial charge in [0.15, 0.2) is 0 Å². The predicted octanol–water partition coefficient (Wildman–Crippen LogP) is 2.25. The van der Waals surface area contributed by atoms with Crippen LogP contribution >= 0.6 is 0 Å². The molecular weight excluding hydrogens is 238 g/mol. The standard InChI is InChI=1S/C15H25N3O/c19-11-12-4-3-7-15(12)16-10-13-8-9-18(17-13)14-5-1-2-6-14/h8-9,12,14-16,19H,1-7,10-11H2. The summed E-state index contributed by atoms with van der Waals surface area (Å²) in [5, 5.41) is 17.6. The Labute approximate surface area is 115 Å². The summed E-state index contributed by atoms with van der Waals surface area (Å²) in [6, 6.07) is 3.24. The lowest BCUT2D eigenvalue weighted by Gasteiger charge is -2.18. The Morgan fingerprint density at radius 1 is 1.21 bits per heavy atom. The second kappa shape index (κ2) is 6.06. The lowest BCUT2D eigenvalue weighted by Crippen LogP contribution is -2.33. The molecule has 0 amide bonds. The van der Waals surface area contributed by atoms with Crippen LogP contribution in [0, 0.1) is 5.92 Å². The van der Waals surface area contributed by atoms with E-state index in [0.29, 0.717) is 24.6 Å². The minimum atomic E-state index is 0.314. The molecule has 2 aliphatic rings. The van der Waals surface area contributed by atoms with Gasteiger partial charge in [-0.2, -0.15) is 5.10 Å². The van der Waals surface area contributed by atoms with Crippen molar-refractivity contribution >= 4 is 0 Å². The smallest absolute Gasteiger partial charge is 0.0762 e. The van der Waals surface area contributed by atoms with Crippen molar-refractivity contribution in [3.8, 4) is 0 Å². The molecule has 0 radical (unpaired) electrons. The van der Waals surface area contributed by atoms with Gasteiger partial charge in [0.05, 0.1) is 11.7 Å². The average molecular weight is 263 g/mol. The molecule has 4 nitrogen and oxygen atoms in total. The SMILES string of the molecule is OCC1CCCC1NCc1ccn(C2CCCC2)n1. The number of aromatic nitrogens is 2. The molecule has 2 fully saturated rings. The third-order valence-corrected chi connectivity index (χ3v) is 4.80.